The number of nitrogens with one attached hydrogen (secondary N) is 2. The summed E-state index contributed by atoms with van der Waals surface area (Å²) in [5.74, 6) is 0.240. The van der Waals surface area contributed by atoms with Gasteiger partial charge in [0.05, 0.1) is 26.2 Å². The maximum absolute atomic E-state index is 12.8. The van der Waals surface area contributed by atoms with Crippen LogP contribution < -0.4 is 10.6 Å². The van der Waals surface area contributed by atoms with Gasteiger partial charge in [0.2, 0.25) is 5.91 Å². The second kappa shape index (κ2) is 11.9. The molecule has 182 valence electrons. The molecule has 3 rings (SSSR count). The first kappa shape index (κ1) is 24.9. The van der Waals surface area contributed by atoms with Gasteiger partial charge in [-0.25, -0.2) is 14.8 Å². The van der Waals surface area contributed by atoms with Gasteiger partial charge in [0, 0.05) is 30.8 Å². The summed E-state index contributed by atoms with van der Waals surface area (Å²) < 4.78 is 4.75. The molecule has 0 bridgehead atoms. The molecular weight excluding hydrogens is 440 g/mol. The fourth-order valence-corrected chi connectivity index (χ4v) is 3.29. The number of nitrogens with zero attached hydrogens (tertiary/aromatic N) is 4. The van der Waals surface area contributed by atoms with Gasteiger partial charge in [-0.1, -0.05) is 30.3 Å². The summed E-state index contributed by atoms with van der Waals surface area (Å²) in [6.45, 7) is 7.13. The van der Waals surface area contributed by atoms with Gasteiger partial charge >= 0.3 is 6.16 Å². The standard InChI is InChI=1S/C23H30N6O5/c1-4-33-23(32)34-29-12-10-28(11-13-29)20(30)15-24-22(31)18-14-19(25-16(2)3)27-21(26-18)17-8-6-5-7-9-17/h5-9,14,16H,4,10-13,15H2,1-3H3,(H,24,31)(H,25,26,27). The summed E-state index contributed by atoms with van der Waals surface area (Å²) in [5, 5.41) is 7.30. The van der Waals surface area contributed by atoms with Crippen molar-refractivity contribution in [2.75, 3.05) is 44.6 Å². The van der Waals surface area contributed by atoms with Crippen LogP contribution in [0.15, 0.2) is 36.4 Å². The van der Waals surface area contributed by atoms with E-state index in [2.05, 4.69) is 20.6 Å². The summed E-state index contributed by atoms with van der Waals surface area (Å²) >= 11 is 0. The second-order valence-electron chi connectivity index (χ2n) is 7.89. The van der Waals surface area contributed by atoms with Crippen molar-refractivity contribution in [1.29, 1.82) is 0 Å². The zero-order valence-electron chi connectivity index (χ0n) is 19.6. The van der Waals surface area contributed by atoms with E-state index in [0.29, 0.717) is 37.8 Å². The van der Waals surface area contributed by atoms with E-state index in [-0.39, 0.29) is 30.8 Å². The highest BCUT2D eigenvalue weighted by Crippen LogP contribution is 2.18. The number of ether oxygens (including phenoxy) is 1. The quantitative estimate of drug-likeness (QED) is 0.557. The molecule has 34 heavy (non-hydrogen) atoms. The fraction of sp³-hybridized carbons (Fsp3) is 0.435. The van der Waals surface area contributed by atoms with E-state index in [1.165, 1.54) is 5.06 Å². The molecule has 0 spiro atoms. The van der Waals surface area contributed by atoms with Crippen LogP contribution in [0.3, 0.4) is 0 Å². The lowest BCUT2D eigenvalue weighted by Gasteiger charge is -2.33. The Morgan fingerprint density at radius 3 is 2.41 bits per heavy atom. The maximum Gasteiger partial charge on any atom is 0.527 e. The van der Waals surface area contributed by atoms with Gasteiger partial charge in [0.15, 0.2) is 5.82 Å². The number of benzene rings is 1. The largest absolute Gasteiger partial charge is 0.527 e. The van der Waals surface area contributed by atoms with Crippen molar-refractivity contribution in [3.8, 4) is 11.4 Å². The molecule has 1 aliphatic rings. The molecular formula is C23H30N6O5. The van der Waals surface area contributed by atoms with Gasteiger partial charge in [-0.3, -0.25) is 9.59 Å². The molecule has 0 unspecified atom stereocenters. The van der Waals surface area contributed by atoms with Crippen molar-refractivity contribution in [2.24, 2.45) is 0 Å². The number of rotatable bonds is 8. The summed E-state index contributed by atoms with van der Waals surface area (Å²) in [6.07, 6.45) is -0.763. The molecule has 1 fully saturated rings. The number of hydrogen-bond donors (Lipinski definition) is 2. The van der Waals surface area contributed by atoms with Gasteiger partial charge in [-0.15, -0.1) is 5.06 Å². The molecule has 11 heteroatoms. The number of carbonyl (C=O) groups excluding carboxylic acids is 3. The monoisotopic (exact) mass is 470 g/mol. The molecule has 1 aliphatic heterocycles. The molecule has 0 atom stereocenters. The number of piperazine rings is 1. The minimum Gasteiger partial charge on any atom is -0.433 e. The predicted molar refractivity (Wildman–Crippen MR) is 125 cm³/mol. The van der Waals surface area contributed by atoms with Crippen molar-refractivity contribution in [3.05, 3.63) is 42.1 Å². The van der Waals surface area contributed by atoms with Gasteiger partial charge < -0.3 is 25.1 Å². The molecule has 1 aromatic heterocycles. The van der Waals surface area contributed by atoms with Crippen LogP contribution in [0.2, 0.25) is 0 Å². The lowest BCUT2D eigenvalue weighted by molar-refractivity contribution is -0.155. The van der Waals surface area contributed by atoms with Crippen LogP contribution in [0.4, 0.5) is 10.6 Å². The summed E-state index contributed by atoms with van der Waals surface area (Å²) in [4.78, 5) is 52.4. The van der Waals surface area contributed by atoms with Crippen molar-refractivity contribution in [2.45, 2.75) is 26.8 Å². The number of anilines is 1. The predicted octanol–water partition coefficient (Wildman–Crippen LogP) is 1.93. The van der Waals surface area contributed by atoms with Gasteiger partial charge in [-0.2, -0.15) is 0 Å². The van der Waals surface area contributed by atoms with Gasteiger partial charge in [-0.05, 0) is 20.8 Å². The van der Waals surface area contributed by atoms with Crippen molar-refractivity contribution >= 4 is 23.8 Å². The topological polar surface area (TPSA) is 126 Å². The van der Waals surface area contributed by atoms with E-state index in [1.807, 2.05) is 44.2 Å². The lowest BCUT2D eigenvalue weighted by atomic mass is 10.2. The Morgan fingerprint density at radius 2 is 1.76 bits per heavy atom. The Morgan fingerprint density at radius 1 is 1.06 bits per heavy atom. The summed E-state index contributed by atoms with van der Waals surface area (Å²) in [6, 6.07) is 11.0. The van der Waals surface area contributed by atoms with Crippen molar-refractivity contribution in [1.82, 2.24) is 25.2 Å². The SMILES string of the molecule is CCOC(=O)ON1CCN(C(=O)CNC(=O)c2cc(NC(C)C)nc(-c3ccccc3)n2)CC1. The lowest BCUT2D eigenvalue weighted by Crippen LogP contribution is -2.51. The summed E-state index contributed by atoms with van der Waals surface area (Å²) in [5.41, 5.74) is 0.945. The average molecular weight is 471 g/mol. The first-order valence-corrected chi connectivity index (χ1v) is 11.2. The maximum atomic E-state index is 12.8. The molecule has 2 N–H and O–H groups in total. The van der Waals surface area contributed by atoms with E-state index in [9.17, 15) is 14.4 Å². The van der Waals surface area contributed by atoms with E-state index in [1.54, 1.807) is 17.9 Å². The van der Waals surface area contributed by atoms with Crippen LogP contribution in [-0.2, 0) is 14.4 Å². The first-order chi connectivity index (χ1) is 16.4. The Kier molecular flexibility index (Phi) is 8.74. The van der Waals surface area contributed by atoms with E-state index in [0.717, 1.165) is 5.56 Å². The van der Waals surface area contributed by atoms with E-state index in [4.69, 9.17) is 9.57 Å². The Hall–Kier alpha value is -3.73. The molecule has 2 amide bonds. The molecule has 0 radical (unpaired) electrons. The smallest absolute Gasteiger partial charge is 0.433 e. The highest BCUT2D eigenvalue weighted by atomic mass is 16.8. The van der Waals surface area contributed by atoms with Crippen molar-refractivity contribution in [3.63, 3.8) is 0 Å². The number of aromatic nitrogens is 2. The number of hydroxylamine groups is 2. The van der Waals surface area contributed by atoms with E-state index >= 15 is 0 Å². The minimum atomic E-state index is -0.763. The molecule has 0 aliphatic carbocycles. The highest BCUT2D eigenvalue weighted by Gasteiger charge is 2.24. The number of amides is 2. The third kappa shape index (κ3) is 7.14. The summed E-state index contributed by atoms with van der Waals surface area (Å²) in [7, 11) is 0. The minimum absolute atomic E-state index is 0.113. The Bertz CT molecular complexity index is 993. The Balaban J connectivity index is 1.59. The van der Waals surface area contributed by atoms with Crippen LogP contribution in [0.25, 0.3) is 11.4 Å². The third-order valence-electron chi connectivity index (χ3n) is 4.88. The first-order valence-electron chi connectivity index (χ1n) is 11.2. The zero-order valence-corrected chi connectivity index (χ0v) is 19.6. The van der Waals surface area contributed by atoms with Gasteiger partial charge in [0.25, 0.3) is 5.91 Å². The fourth-order valence-electron chi connectivity index (χ4n) is 3.29. The van der Waals surface area contributed by atoms with Crippen LogP contribution in [-0.4, -0.2) is 83.3 Å². The molecule has 2 aromatic rings. The van der Waals surface area contributed by atoms with Crippen LogP contribution in [0, 0.1) is 0 Å². The normalized spacial score (nSPS) is 13.9. The highest BCUT2D eigenvalue weighted by molar-refractivity contribution is 5.95. The number of hydrogen-bond acceptors (Lipinski definition) is 9. The third-order valence-corrected chi connectivity index (χ3v) is 4.88. The molecule has 2 heterocycles. The molecule has 1 saturated heterocycles. The van der Waals surface area contributed by atoms with Crippen LogP contribution >= 0.6 is 0 Å². The zero-order chi connectivity index (χ0) is 24.5. The second-order valence-corrected chi connectivity index (χ2v) is 7.89. The van der Waals surface area contributed by atoms with Crippen LogP contribution in [0.5, 0.6) is 0 Å². The molecule has 0 saturated carbocycles. The average Bonchev–Trinajstić information content (AvgIpc) is 2.83. The molecule has 1 aromatic carbocycles. The number of carbonyl (C=O) groups is 3. The Labute approximate surface area is 198 Å². The molecule has 11 nitrogen and oxygen atoms in total. The van der Waals surface area contributed by atoms with Crippen molar-refractivity contribution < 1.29 is 24.0 Å². The van der Waals surface area contributed by atoms with Crippen LogP contribution in [0.1, 0.15) is 31.3 Å². The van der Waals surface area contributed by atoms with Gasteiger partial charge in [0.1, 0.15) is 11.5 Å². The van der Waals surface area contributed by atoms with E-state index < -0.39 is 12.1 Å².